The van der Waals surface area contributed by atoms with E-state index in [0.29, 0.717) is 16.9 Å². The number of methoxy groups -OCH3 is 1. The Morgan fingerprint density at radius 1 is 1.10 bits per heavy atom. The molecule has 106 valence electrons. The molecule has 3 heteroatoms. The predicted octanol–water partition coefficient (Wildman–Crippen LogP) is 4.23. The molecule has 0 unspecified atom stereocenters. The molecule has 0 spiro atoms. The summed E-state index contributed by atoms with van der Waals surface area (Å²) in [7, 11) is 1.61. The van der Waals surface area contributed by atoms with Crippen LogP contribution in [0.2, 0.25) is 0 Å². The van der Waals surface area contributed by atoms with E-state index < -0.39 is 0 Å². The highest BCUT2D eigenvalue weighted by atomic mass is 16.5. The zero-order valence-electron chi connectivity index (χ0n) is 12.1. The fraction of sp³-hybridized carbons (Fsp3) is 0.167. The summed E-state index contributed by atoms with van der Waals surface area (Å²) in [5.74, 6) is 0.991. The molecule has 0 amide bonds. The summed E-state index contributed by atoms with van der Waals surface area (Å²) in [6.07, 6.45) is 0.957. The molecule has 0 aliphatic heterocycles. The number of ether oxygens (including phenoxy) is 1. The molecule has 0 N–H and O–H groups in total. The lowest BCUT2D eigenvalue weighted by Gasteiger charge is -1.99. The first-order valence-electron chi connectivity index (χ1n) is 6.92. The maximum atomic E-state index is 12.4. The zero-order chi connectivity index (χ0) is 14.8. The average Bonchev–Trinajstić information content (AvgIpc) is 2.97. The average molecular weight is 280 g/mol. The molecule has 0 fully saturated rings. The van der Waals surface area contributed by atoms with Crippen molar-refractivity contribution in [2.24, 2.45) is 0 Å². The van der Waals surface area contributed by atoms with E-state index in [9.17, 15) is 4.79 Å². The lowest BCUT2D eigenvalue weighted by molar-refractivity contribution is 0.101. The molecule has 2 aromatic carbocycles. The number of carbonyl (C=O) groups is 1. The minimum atomic E-state index is -0.104. The summed E-state index contributed by atoms with van der Waals surface area (Å²) in [6.45, 7) is 2.09. The summed E-state index contributed by atoms with van der Waals surface area (Å²) < 4.78 is 10.8. The van der Waals surface area contributed by atoms with Gasteiger partial charge in [0.15, 0.2) is 5.76 Å². The second-order valence-electron chi connectivity index (χ2n) is 4.89. The molecule has 1 aromatic heterocycles. The van der Waals surface area contributed by atoms with E-state index >= 15 is 0 Å². The van der Waals surface area contributed by atoms with Crippen molar-refractivity contribution in [3.05, 3.63) is 65.4 Å². The van der Waals surface area contributed by atoms with Gasteiger partial charge >= 0.3 is 0 Å². The van der Waals surface area contributed by atoms with Gasteiger partial charge in [0, 0.05) is 10.9 Å². The van der Waals surface area contributed by atoms with Crippen molar-refractivity contribution >= 4 is 16.8 Å². The van der Waals surface area contributed by atoms with Crippen molar-refractivity contribution in [2.45, 2.75) is 13.3 Å². The summed E-state index contributed by atoms with van der Waals surface area (Å²) in [5, 5.41) is 0.864. The summed E-state index contributed by atoms with van der Waals surface area (Å²) >= 11 is 0. The Morgan fingerprint density at radius 3 is 2.52 bits per heavy atom. The first-order valence-corrected chi connectivity index (χ1v) is 6.92. The molecular weight excluding hydrogens is 264 g/mol. The SMILES string of the molecule is CCc1ccc(C(=O)c2cc3cc(OC)ccc3o2)cc1. The number of rotatable bonds is 4. The lowest BCUT2D eigenvalue weighted by atomic mass is 10.1. The molecule has 0 aliphatic carbocycles. The van der Waals surface area contributed by atoms with Crippen LogP contribution in [0.1, 0.15) is 28.6 Å². The number of aryl methyl sites for hydroxylation is 1. The predicted molar refractivity (Wildman–Crippen MR) is 82.0 cm³/mol. The van der Waals surface area contributed by atoms with Gasteiger partial charge in [0.05, 0.1) is 7.11 Å². The van der Waals surface area contributed by atoms with Gasteiger partial charge in [0.25, 0.3) is 0 Å². The van der Waals surface area contributed by atoms with Crippen LogP contribution in [0.3, 0.4) is 0 Å². The van der Waals surface area contributed by atoms with Crippen LogP contribution in [0.25, 0.3) is 11.0 Å². The molecule has 0 radical (unpaired) electrons. The Kier molecular flexibility index (Phi) is 3.48. The van der Waals surface area contributed by atoms with Gasteiger partial charge in [0.1, 0.15) is 11.3 Å². The number of carbonyl (C=O) groups excluding carboxylic acids is 1. The van der Waals surface area contributed by atoms with Gasteiger partial charge in [-0.25, -0.2) is 0 Å². The van der Waals surface area contributed by atoms with Crippen LogP contribution >= 0.6 is 0 Å². The fourth-order valence-corrected chi connectivity index (χ4v) is 2.29. The molecule has 3 nitrogen and oxygen atoms in total. The van der Waals surface area contributed by atoms with Gasteiger partial charge < -0.3 is 9.15 Å². The van der Waals surface area contributed by atoms with Gasteiger partial charge in [-0.1, -0.05) is 31.2 Å². The summed E-state index contributed by atoms with van der Waals surface area (Å²) in [5.41, 5.74) is 2.53. The van der Waals surface area contributed by atoms with Crippen molar-refractivity contribution < 1.29 is 13.9 Å². The molecule has 0 saturated carbocycles. The summed E-state index contributed by atoms with van der Waals surface area (Å²) in [6, 6.07) is 14.9. The number of hydrogen-bond acceptors (Lipinski definition) is 3. The molecule has 3 aromatic rings. The molecular formula is C18H16O3. The van der Waals surface area contributed by atoms with Crippen LogP contribution in [0.15, 0.2) is 52.9 Å². The Hall–Kier alpha value is -2.55. The third-order valence-electron chi connectivity index (χ3n) is 3.57. The van der Waals surface area contributed by atoms with Crippen LogP contribution in [-0.4, -0.2) is 12.9 Å². The molecule has 3 rings (SSSR count). The summed E-state index contributed by atoms with van der Waals surface area (Å²) in [4.78, 5) is 12.4. The second-order valence-corrected chi connectivity index (χ2v) is 4.89. The highest BCUT2D eigenvalue weighted by Gasteiger charge is 2.14. The van der Waals surface area contributed by atoms with Gasteiger partial charge in [-0.05, 0) is 36.2 Å². The highest BCUT2D eigenvalue weighted by Crippen LogP contribution is 2.25. The van der Waals surface area contributed by atoms with Crippen LogP contribution in [0.4, 0.5) is 0 Å². The third-order valence-corrected chi connectivity index (χ3v) is 3.57. The van der Waals surface area contributed by atoms with Gasteiger partial charge in [-0.2, -0.15) is 0 Å². The van der Waals surface area contributed by atoms with E-state index in [2.05, 4.69) is 6.92 Å². The Bertz CT molecular complexity index is 782. The maximum absolute atomic E-state index is 12.4. The van der Waals surface area contributed by atoms with E-state index in [4.69, 9.17) is 9.15 Å². The third kappa shape index (κ3) is 2.55. The number of hydrogen-bond donors (Lipinski definition) is 0. The van der Waals surface area contributed by atoms with E-state index in [1.54, 1.807) is 13.2 Å². The lowest BCUT2D eigenvalue weighted by Crippen LogP contribution is -1.99. The molecule has 0 saturated heterocycles. The van der Waals surface area contributed by atoms with Crippen LogP contribution in [0.5, 0.6) is 5.75 Å². The van der Waals surface area contributed by atoms with Crippen molar-refractivity contribution in [3.8, 4) is 5.75 Å². The highest BCUT2D eigenvalue weighted by molar-refractivity contribution is 6.09. The Balaban J connectivity index is 1.96. The molecule has 1 heterocycles. The molecule has 0 aliphatic rings. The van der Waals surface area contributed by atoms with Crippen molar-refractivity contribution in [3.63, 3.8) is 0 Å². The Morgan fingerprint density at radius 2 is 1.86 bits per heavy atom. The van der Waals surface area contributed by atoms with E-state index in [-0.39, 0.29) is 5.78 Å². The van der Waals surface area contributed by atoms with Crippen molar-refractivity contribution in [1.82, 2.24) is 0 Å². The smallest absolute Gasteiger partial charge is 0.228 e. The van der Waals surface area contributed by atoms with Crippen LogP contribution in [-0.2, 0) is 6.42 Å². The standard InChI is InChI=1S/C18H16O3/c1-3-12-4-6-13(7-5-12)18(19)17-11-14-10-15(20-2)8-9-16(14)21-17/h4-11H,3H2,1-2H3. The number of ketones is 1. The van der Waals surface area contributed by atoms with E-state index in [1.807, 2.05) is 42.5 Å². The normalized spacial score (nSPS) is 10.8. The maximum Gasteiger partial charge on any atom is 0.228 e. The molecule has 0 bridgehead atoms. The van der Waals surface area contributed by atoms with Gasteiger partial charge in [-0.15, -0.1) is 0 Å². The monoisotopic (exact) mass is 280 g/mol. The second kappa shape index (κ2) is 5.44. The number of fused-ring (bicyclic) bond motifs is 1. The first-order chi connectivity index (χ1) is 10.2. The Labute approximate surface area is 123 Å². The van der Waals surface area contributed by atoms with Crippen molar-refractivity contribution in [1.29, 1.82) is 0 Å². The van der Waals surface area contributed by atoms with Gasteiger partial charge in [0.2, 0.25) is 5.78 Å². The first kappa shape index (κ1) is 13.4. The fourth-order valence-electron chi connectivity index (χ4n) is 2.29. The van der Waals surface area contributed by atoms with E-state index in [1.165, 1.54) is 5.56 Å². The quantitative estimate of drug-likeness (QED) is 0.671. The van der Waals surface area contributed by atoms with Crippen LogP contribution < -0.4 is 4.74 Å². The zero-order valence-corrected chi connectivity index (χ0v) is 12.1. The van der Waals surface area contributed by atoms with Crippen molar-refractivity contribution in [2.75, 3.05) is 7.11 Å². The minimum Gasteiger partial charge on any atom is -0.497 e. The van der Waals surface area contributed by atoms with Crippen LogP contribution in [0, 0.1) is 0 Å². The molecule has 0 atom stereocenters. The van der Waals surface area contributed by atoms with E-state index in [0.717, 1.165) is 17.6 Å². The minimum absolute atomic E-state index is 0.104. The number of furan rings is 1. The largest absolute Gasteiger partial charge is 0.497 e. The molecule has 21 heavy (non-hydrogen) atoms. The topological polar surface area (TPSA) is 39.4 Å². The number of benzene rings is 2. The van der Waals surface area contributed by atoms with Gasteiger partial charge in [-0.3, -0.25) is 4.79 Å².